The third-order valence-electron chi connectivity index (χ3n) is 6.55. The van der Waals surface area contributed by atoms with Crippen molar-refractivity contribution in [3.05, 3.63) is 86.3 Å². The zero-order valence-corrected chi connectivity index (χ0v) is 21.6. The first-order chi connectivity index (χ1) is 17.3. The number of carbonyl (C=O) groups is 1. The molecule has 0 N–H and O–H groups in total. The summed E-state index contributed by atoms with van der Waals surface area (Å²) in [6, 6.07) is 11.2. The number of benzene rings is 1. The molecule has 0 radical (unpaired) electrons. The highest BCUT2D eigenvalue weighted by Gasteiger charge is 2.32. The second-order valence-electron chi connectivity index (χ2n) is 8.92. The molecule has 184 valence electrons. The van der Waals surface area contributed by atoms with Crippen LogP contribution < -0.4 is 4.90 Å². The predicted octanol–water partition coefficient (Wildman–Crippen LogP) is 5.40. The van der Waals surface area contributed by atoms with Gasteiger partial charge in [0.1, 0.15) is 10.0 Å². The molecule has 1 amide bonds. The van der Waals surface area contributed by atoms with E-state index in [-0.39, 0.29) is 16.5 Å². The highest BCUT2D eigenvalue weighted by molar-refractivity contribution is 8.26. The number of amides is 1. The quantitative estimate of drug-likeness (QED) is 0.187. The molecule has 4 heterocycles. The second kappa shape index (κ2) is 9.87. The monoisotopic (exact) mass is 519 g/mol. The Morgan fingerprint density at radius 1 is 1.19 bits per heavy atom. The van der Waals surface area contributed by atoms with Crippen LogP contribution in [0.2, 0.25) is 0 Å². The molecule has 2 aromatic heterocycles. The van der Waals surface area contributed by atoms with E-state index in [0.717, 1.165) is 54.1 Å². The normalized spacial score (nSPS) is 17.0. The summed E-state index contributed by atoms with van der Waals surface area (Å²) in [6.45, 7) is 5.96. The van der Waals surface area contributed by atoms with Gasteiger partial charge >= 0.3 is 0 Å². The Balaban J connectivity index is 1.45. The number of anilines is 1. The number of nitrogens with zero attached hydrogens (tertiary/aromatic N) is 5. The Morgan fingerprint density at radius 3 is 2.67 bits per heavy atom. The van der Waals surface area contributed by atoms with Gasteiger partial charge in [-0.15, -0.1) is 0 Å². The molecule has 1 aromatic carbocycles. The summed E-state index contributed by atoms with van der Waals surface area (Å²) in [5, 5.41) is 11.9. The van der Waals surface area contributed by atoms with E-state index in [0.29, 0.717) is 21.5 Å². The number of carbonyl (C=O) groups excluding carboxylic acids is 1. The lowest BCUT2D eigenvalue weighted by Crippen LogP contribution is -2.27. The highest BCUT2D eigenvalue weighted by Crippen LogP contribution is 2.36. The van der Waals surface area contributed by atoms with Crippen LogP contribution in [0.3, 0.4) is 0 Å². The van der Waals surface area contributed by atoms with Crippen molar-refractivity contribution in [3.8, 4) is 5.69 Å². The Hall–Kier alpha value is -3.50. The largest absolute Gasteiger partial charge is 0.366 e. The smallest absolute Gasteiger partial charge is 0.294 e. The van der Waals surface area contributed by atoms with Crippen LogP contribution in [-0.4, -0.2) is 42.7 Å². The van der Waals surface area contributed by atoms with Crippen molar-refractivity contribution in [1.82, 2.24) is 14.5 Å². The molecule has 2 saturated heterocycles. The van der Waals surface area contributed by atoms with Gasteiger partial charge in [0.05, 0.1) is 22.1 Å². The molecule has 0 spiro atoms. The first kappa shape index (κ1) is 24.2. The zero-order chi connectivity index (χ0) is 25.4. The molecule has 2 fully saturated rings. The fraction of sp³-hybridized carbons (Fsp3) is 0.269. The fourth-order valence-electron chi connectivity index (χ4n) is 4.81. The Morgan fingerprint density at radius 2 is 1.97 bits per heavy atom. The van der Waals surface area contributed by atoms with Crippen LogP contribution in [0.4, 0.5) is 11.4 Å². The highest BCUT2D eigenvalue weighted by atomic mass is 32.2. The molecule has 2 aliphatic rings. The van der Waals surface area contributed by atoms with E-state index >= 15 is 0 Å². The Labute approximate surface area is 218 Å². The van der Waals surface area contributed by atoms with Crippen molar-refractivity contribution >= 4 is 51.7 Å². The lowest BCUT2D eigenvalue weighted by Gasteiger charge is -2.19. The number of aromatic nitrogens is 2. The molecule has 10 heteroatoms. The summed E-state index contributed by atoms with van der Waals surface area (Å²) in [5.41, 5.74) is 5.11. The van der Waals surface area contributed by atoms with E-state index in [1.807, 2.05) is 54.8 Å². The molecule has 2 aliphatic heterocycles. The molecule has 0 bridgehead atoms. The minimum atomic E-state index is -0.306. The minimum Gasteiger partial charge on any atom is -0.366 e. The molecule has 0 saturated carbocycles. The van der Waals surface area contributed by atoms with E-state index in [9.17, 15) is 14.9 Å². The maximum absolute atomic E-state index is 13.1. The van der Waals surface area contributed by atoms with Gasteiger partial charge in [-0.25, -0.2) is 0 Å². The van der Waals surface area contributed by atoms with E-state index in [4.69, 9.17) is 12.2 Å². The van der Waals surface area contributed by atoms with E-state index in [2.05, 4.69) is 9.88 Å². The van der Waals surface area contributed by atoms with Crippen molar-refractivity contribution < 1.29 is 9.72 Å². The molecular weight excluding hydrogens is 494 g/mol. The molecular formula is C26H25N5O3S2. The second-order valence-corrected chi connectivity index (χ2v) is 10.6. The van der Waals surface area contributed by atoms with Crippen molar-refractivity contribution in [1.29, 1.82) is 0 Å². The summed E-state index contributed by atoms with van der Waals surface area (Å²) in [4.78, 5) is 33.0. The number of rotatable bonds is 6. The summed E-state index contributed by atoms with van der Waals surface area (Å²) in [5.74, 6) is -0.135. The predicted molar refractivity (Wildman–Crippen MR) is 146 cm³/mol. The summed E-state index contributed by atoms with van der Waals surface area (Å²) >= 11 is 6.76. The molecule has 0 aliphatic carbocycles. The molecule has 0 atom stereocenters. The first-order valence-electron chi connectivity index (χ1n) is 11.7. The molecule has 36 heavy (non-hydrogen) atoms. The van der Waals surface area contributed by atoms with Crippen LogP contribution in [0.15, 0.2) is 53.7 Å². The van der Waals surface area contributed by atoms with Crippen LogP contribution in [0, 0.1) is 24.0 Å². The lowest BCUT2D eigenvalue weighted by atomic mass is 10.2. The topological polar surface area (TPSA) is 84.5 Å². The van der Waals surface area contributed by atoms with Gasteiger partial charge in [-0.2, -0.15) is 0 Å². The number of aryl methyl sites for hydroxylation is 1. The van der Waals surface area contributed by atoms with Gasteiger partial charge in [-0.05, 0) is 68.2 Å². The van der Waals surface area contributed by atoms with Crippen LogP contribution in [0.25, 0.3) is 11.8 Å². The van der Waals surface area contributed by atoms with Crippen molar-refractivity contribution in [2.24, 2.45) is 0 Å². The lowest BCUT2D eigenvalue weighted by molar-refractivity contribution is -0.384. The van der Waals surface area contributed by atoms with Crippen molar-refractivity contribution in [3.63, 3.8) is 0 Å². The number of nitro groups is 1. The molecule has 0 unspecified atom stereocenters. The van der Waals surface area contributed by atoms with Gasteiger partial charge in [0.15, 0.2) is 0 Å². The van der Waals surface area contributed by atoms with Gasteiger partial charge in [0.2, 0.25) is 0 Å². The van der Waals surface area contributed by atoms with Gasteiger partial charge in [-0.3, -0.25) is 24.8 Å². The minimum absolute atomic E-state index is 0.111. The summed E-state index contributed by atoms with van der Waals surface area (Å²) < 4.78 is 2.50. The van der Waals surface area contributed by atoms with Gasteiger partial charge < -0.3 is 9.47 Å². The van der Waals surface area contributed by atoms with Crippen LogP contribution in [0.1, 0.15) is 35.4 Å². The standard InChI is InChI=1S/C26H25N5O3S2/c1-17-12-20(13-24-25(32)29(26(35)36-24)16-19-6-5-9-27-15-19)18(2)30(17)21-7-8-22(23(14-21)31(33)34)28-10-3-4-11-28/h5-9,12-15H,3-4,10-11,16H2,1-2H3/b24-13-. The third-order valence-corrected chi connectivity index (χ3v) is 7.93. The number of hydrogen-bond donors (Lipinski definition) is 0. The average molecular weight is 520 g/mol. The number of thioether (sulfide) groups is 1. The first-order valence-corrected chi connectivity index (χ1v) is 12.9. The fourth-order valence-corrected chi connectivity index (χ4v) is 6.05. The number of pyridine rings is 1. The van der Waals surface area contributed by atoms with E-state index in [1.54, 1.807) is 23.4 Å². The van der Waals surface area contributed by atoms with Crippen molar-refractivity contribution in [2.45, 2.75) is 33.2 Å². The van der Waals surface area contributed by atoms with E-state index < -0.39 is 0 Å². The summed E-state index contributed by atoms with van der Waals surface area (Å²) in [7, 11) is 0. The number of nitro benzene ring substituents is 1. The van der Waals surface area contributed by atoms with Crippen LogP contribution >= 0.6 is 24.0 Å². The third kappa shape index (κ3) is 4.54. The number of thiocarbonyl (C=S) groups is 1. The maximum atomic E-state index is 13.1. The van der Waals surface area contributed by atoms with Crippen LogP contribution in [0.5, 0.6) is 0 Å². The average Bonchev–Trinajstić information content (AvgIpc) is 3.56. The number of hydrogen-bond acceptors (Lipinski definition) is 7. The Kier molecular flexibility index (Phi) is 6.63. The maximum Gasteiger partial charge on any atom is 0.294 e. The molecule has 8 nitrogen and oxygen atoms in total. The van der Waals surface area contributed by atoms with Crippen LogP contribution in [-0.2, 0) is 11.3 Å². The molecule has 5 rings (SSSR count). The van der Waals surface area contributed by atoms with E-state index in [1.165, 1.54) is 11.8 Å². The van der Waals surface area contributed by atoms with Gasteiger partial charge in [-0.1, -0.05) is 30.0 Å². The Bertz CT molecular complexity index is 1390. The summed E-state index contributed by atoms with van der Waals surface area (Å²) in [6.07, 6.45) is 7.37. The zero-order valence-electron chi connectivity index (χ0n) is 20.0. The van der Waals surface area contributed by atoms with Gasteiger partial charge in [0, 0.05) is 42.9 Å². The van der Waals surface area contributed by atoms with Crippen molar-refractivity contribution in [2.75, 3.05) is 18.0 Å². The van der Waals surface area contributed by atoms with Gasteiger partial charge in [0.25, 0.3) is 11.6 Å². The molecule has 3 aromatic rings. The SMILES string of the molecule is Cc1cc(/C=C2\SC(=S)N(Cc3cccnc3)C2=O)c(C)n1-c1ccc(N2CCCC2)c([N+](=O)[O-])c1.